The summed E-state index contributed by atoms with van der Waals surface area (Å²) < 4.78 is 26.0. The average Bonchev–Trinajstić information content (AvgIpc) is 2.72. The number of aliphatic hydroxyl groups is 1. The molecule has 7 heteroatoms. The van der Waals surface area contributed by atoms with Gasteiger partial charge in [0.15, 0.2) is 0 Å². The quantitative estimate of drug-likeness (QED) is 0.813. The van der Waals surface area contributed by atoms with Gasteiger partial charge in [0.25, 0.3) is 0 Å². The fraction of sp³-hybridized carbons (Fsp3) is 0.435. The molecule has 2 heterocycles. The highest BCUT2D eigenvalue weighted by Crippen LogP contribution is 2.42. The largest absolute Gasteiger partial charge is 0.395 e. The van der Waals surface area contributed by atoms with Gasteiger partial charge < -0.3 is 5.11 Å². The summed E-state index contributed by atoms with van der Waals surface area (Å²) in [7, 11) is -3.25. The third kappa shape index (κ3) is 4.01. The van der Waals surface area contributed by atoms with Gasteiger partial charge in [0.2, 0.25) is 10.0 Å². The summed E-state index contributed by atoms with van der Waals surface area (Å²) in [5, 5.41) is 19.2. The first-order valence-electron chi connectivity index (χ1n) is 10.3. The van der Waals surface area contributed by atoms with Crippen molar-refractivity contribution in [2.75, 3.05) is 32.5 Å². The minimum atomic E-state index is -3.25. The Kier molecular flexibility index (Phi) is 5.94. The molecule has 2 aliphatic heterocycles. The van der Waals surface area contributed by atoms with E-state index in [2.05, 4.69) is 23.1 Å². The van der Waals surface area contributed by atoms with Crippen LogP contribution >= 0.6 is 0 Å². The van der Waals surface area contributed by atoms with Gasteiger partial charge in [-0.2, -0.15) is 5.26 Å². The number of nitrogens with zero attached hydrogens (tertiary/aromatic N) is 3. The molecule has 3 atom stereocenters. The van der Waals surface area contributed by atoms with Crippen LogP contribution in [0.2, 0.25) is 0 Å². The Bertz CT molecular complexity index is 1050. The first-order valence-corrected chi connectivity index (χ1v) is 12.2. The lowest BCUT2D eigenvalue weighted by molar-refractivity contribution is -0.0553. The second-order valence-electron chi connectivity index (χ2n) is 8.22. The molecule has 2 aromatic rings. The number of nitriles is 1. The fourth-order valence-corrected chi connectivity index (χ4v) is 5.76. The zero-order valence-electron chi connectivity index (χ0n) is 17.1. The van der Waals surface area contributed by atoms with Crippen molar-refractivity contribution in [3.63, 3.8) is 0 Å². The molecule has 0 aliphatic carbocycles. The molecule has 0 spiro atoms. The van der Waals surface area contributed by atoms with Crippen LogP contribution in [0.5, 0.6) is 0 Å². The van der Waals surface area contributed by atoms with Gasteiger partial charge in [-0.3, -0.25) is 4.90 Å². The number of aliphatic hydroxyl groups excluding tert-OH is 1. The van der Waals surface area contributed by atoms with E-state index in [1.807, 2.05) is 30.3 Å². The van der Waals surface area contributed by atoms with Crippen molar-refractivity contribution in [3.8, 4) is 17.2 Å². The molecule has 0 saturated carbocycles. The molecule has 0 amide bonds. The molecule has 158 valence electrons. The summed E-state index contributed by atoms with van der Waals surface area (Å²) in [5.74, 6) is 0.0943. The third-order valence-corrected chi connectivity index (χ3v) is 7.69. The van der Waals surface area contributed by atoms with E-state index in [1.165, 1.54) is 6.26 Å². The van der Waals surface area contributed by atoms with Crippen molar-refractivity contribution >= 4 is 10.0 Å². The Morgan fingerprint density at radius 2 is 1.83 bits per heavy atom. The van der Waals surface area contributed by atoms with Gasteiger partial charge in [-0.25, -0.2) is 12.7 Å². The molecule has 4 rings (SSSR count). The lowest BCUT2D eigenvalue weighted by Crippen LogP contribution is -2.67. The predicted octanol–water partition coefficient (Wildman–Crippen LogP) is 2.41. The summed E-state index contributed by atoms with van der Waals surface area (Å²) in [6.45, 7) is 1.98. The van der Waals surface area contributed by atoms with Gasteiger partial charge in [-0.05, 0) is 48.2 Å². The van der Waals surface area contributed by atoms with E-state index in [0.29, 0.717) is 18.7 Å². The number of rotatable bonds is 4. The van der Waals surface area contributed by atoms with Crippen LogP contribution < -0.4 is 0 Å². The number of benzene rings is 2. The van der Waals surface area contributed by atoms with Crippen molar-refractivity contribution in [1.82, 2.24) is 9.21 Å². The molecule has 2 aliphatic rings. The Hall–Kier alpha value is -2.24. The van der Waals surface area contributed by atoms with Gasteiger partial charge in [0.05, 0.1) is 24.5 Å². The van der Waals surface area contributed by atoms with Crippen LogP contribution in [0.1, 0.15) is 29.9 Å². The van der Waals surface area contributed by atoms with E-state index >= 15 is 0 Å². The Balaban J connectivity index is 1.60. The maximum Gasteiger partial charge on any atom is 0.211 e. The summed E-state index contributed by atoms with van der Waals surface area (Å²) in [4.78, 5) is 2.27. The second kappa shape index (κ2) is 8.48. The fourth-order valence-electron chi connectivity index (χ4n) is 4.88. The summed E-state index contributed by atoms with van der Waals surface area (Å²) in [6, 6.07) is 18.0. The lowest BCUT2D eigenvalue weighted by Gasteiger charge is -2.57. The van der Waals surface area contributed by atoms with Gasteiger partial charge in [0, 0.05) is 31.1 Å². The SMILES string of the molecule is CS(=O)(=O)N1CCCCN2[C@@H](CO)[C@H](c3ccc(-c4cccc(C#N)c4)cc3)[C@@H]2C1. The maximum atomic E-state index is 12.2. The Morgan fingerprint density at radius 3 is 2.50 bits per heavy atom. The third-order valence-electron chi connectivity index (χ3n) is 6.42. The molecule has 0 unspecified atom stereocenters. The van der Waals surface area contributed by atoms with Crippen molar-refractivity contribution < 1.29 is 13.5 Å². The lowest BCUT2D eigenvalue weighted by atomic mass is 9.74. The van der Waals surface area contributed by atoms with E-state index in [4.69, 9.17) is 5.26 Å². The van der Waals surface area contributed by atoms with Crippen LogP contribution in [-0.4, -0.2) is 67.3 Å². The van der Waals surface area contributed by atoms with Crippen LogP contribution in [0.3, 0.4) is 0 Å². The summed E-state index contributed by atoms with van der Waals surface area (Å²) in [6.07, 6.45) is 3.05. The van der Waals surface area contributed by atoms with Crippen molar-refractivity contribution in [2.45, 2.75) is 30.8 Å². The minimum absolute atomic E-state index is 0.0160. The molecule has 2 fully saturated rings. The van der Waals surface area contributed by atoms with Crippen LogP contribution in [-0.2, 0) is 10.0 Å². The summed E-state index contributed by atoms with van der Waals surface area (Å²) >= 11 is 0. The molecule has 0 aromatic heterocycles. The van der Waals surface area contributed by atoms with Crippen LogP contribution in [0.15, 0.2) is 48.5 Å². The molecule has 2 saturated heterocycles. The van der Waals surface area contributed by atoms with Crippen LogP contribution in [0.25, 0.3) is 11.1 Å². The smallest absolute Gasteiger partial charge is 0.211 e. The average molecular weight is 426 g/mol. The normalized spacial score (nSPS) is 25.4. The second-order valence-corrected chi connectivity index (χ2v) is 10.2. The van der Waals surface area contributed by atoms with Crippen LogP contribution in [0.4, 0.5) is 0 Å². The highest BCUT2D eigenvalue weighted by Gasteiger charge is 2.49. The van der Waals surface area contributed by atoms with E-state index in [0.717, 1.165) is 36.1 Å². The topological polar surface area (TPSA) is 84.6 Å². The maximum absolute atomic E-state index is 12.2. The van der Waals surface area contributed by atoms with Crippen molar-refractivity contribution in [3.05, 3.63) is 59.7 Å². The van der Waals surface area contributed by atoms with Gasteiger partial charge >= 0.3 is 0 Å². The molecular formula is C23H27N3O3S. The zero-order valence-corrected chi connectivity index (χ0v) is 17.9. The first kappa shape index (κ1) is 21.0. The molecular weight excluding hydrogens is 398 g/mol. The zero-order chi connectivity index (χ0) is 21.3. The Morgan fingerprint density at radius 1 is 1.10 bits per heavy atom. The number of hydrogen-bond donors (Lipinski definition) is 1. The molecule has 0 bridgehead atoms. The van der Waals surface area contributed by atoms with E-state index < -0.39 is 10.0 Å². The van der Waals surface area contributed by atoms with Crippen molar-refractivity contribution in [2.24, 2.45) is 0 Å². The highest BCUT2D eigenvalue weighted by molar-refractivity contribution is 7.88. The molecule has 30 heavy (non-hydrogen) atoms. The molecule has 0 radical (unpaired) electrons. The van der Waals surface area contributed by atoms with E-state index in [1.54, 1.807) is 10.4 Å². The van der Waals surface area contributed by atoms with Gasteiger partial charge in [-0.15, -0.1) is 0 Å². The summed E-state index contributed by atoms with van der Waals surface area (Å²) in [5.41, 5.74) is 3.76. The molecule has 1 N–H and O–H groups in total. The number of fused-ring (bicyclic) bond motifs is 1. The van der Waals surface area contributed by atoms with Gasteiger partial charge in [0.1, 0.15) is 0 Å². The first-order chi connectivity index (χ1) is 14.4. The monoisotopic (exact) mass is 425 g/mol. The van der Waals surface area contributed by atoms with Crippen LogP contribution in [0, 0.1) is 11.3 Å². The van der Waals surface area contributed by atoms with E-state index in [-0.39, 0.29) is 24.6 Å². The number of sulfonamides is 1. The molecule has 2 aromatic carbocycles. The minimum Gasteiger partial charge on any atom is -0.395 e. The van der Waals surface area contributed by atoms with Crippen molar-refractivity contribution in [1.29, 1.82) is 5.26 Å². The number of hydrogen-bond acceptors (Lipinski definition) is 5. The highest BCUT2D eigenvalue weighted by atomic mass is 32.2. The van der Waals surface area contributed by atoms with E-state index in [9.17, 15) is 13.5 Å². The standard InChI is InChI=1S/C23H27N3O3S/c1-30(28,29)25-11-2-3-12-26-21(15-25)23(22(26)16-27)19-9-7-18(8-10-19)20-6-4-5-17(13-20)14-24/h4-10,13,21-23,27H,2-3,11-12,15-16H2,1H3/t21-,22-,23+/m0/s1. The predicted molar refractivity (Wildman–Crippen MR) is 116 cm³/mol. The van der Waals surface area contributed by atoms with Gasteiger partial charge in [-0.1, -0.05) is 36.4 Å². The molecule has 6 nitrogen and oxygen atoms in total. The Labute approximate surface area is 178 Å².